The molecule has 0 N–H and O–H groups in total. The molecule has 0 aromatic carbocycles. The van der Waals surface area contributed by atoms with E-state index in [2.05, 4.69) is 27.2 Å². The Balaban J connectivity index is 3.49. The SMILES string of the molecule is C=C(C)C(=O)OCBr. The molecule has 0 rings (SSSR count). The van der Waals surface area contributed by atoms with Gasteiger partial charge in [0.25, 0.3) is 0 Å². The second kappa shape index (κ2) is 3.66. The van der Waals surface area contributed by atoms with Crippen LogP contribution in [-0.2, 0) is 9.53 Å². The molecule has 0 amide bonds. The minimum atomic E-state index is -0.359. The Hall–Kier alpha value is -0.310. The Kier molecular flexibility index (Phi) is 3.52. The molecule has 0 atom stereocenters. The third-order valence-corrected chi connectivity index (χ3v) is 0.763. The van der Waals surface area contributed by atoms with Crippen LogP contribution in [0.2, 0.25) is 0 Å². The highest BCUT2D eigenvalue weighted by Gasteiger charge is 1.98. The van der Waals surface area contributed by atoms with Crippen molar-refractivity contribution in [2.45, 2.75) is 6.92 Å². The molecule has 0 aromatic rings. The van der Waals surface area contributed by atoms with Crippen molar-refractivity contribution in [1.82, 2.24) is 0 Å². The first-order chi connectivity index (χ1) is 3.68. The summed E-state index contributed by atoms with van der Waals surface area (Å²) in [4.78, 5) is 10.4. The fraction of sp³-hybridized carbons (Fsp3) is 0.400. The lowest BCUT2D eigenvalue weighted by Crippen LogP contribution is -2.01. The van der Waals surface area contributed by atoms with Crippen LogP contribution in [0.1, 0.15) is 6.92 Å². The van der Waals surface area contributed by atoms with Crippen molar-refractivity contribution in [3.8, 4) is 0 Å². The van der Waals surface area contributed by atoms with Crippen LogP contribution >= 0.6 is 15.9 Å². The summed E-state index contributed by atoms with van der Waals surface area (Å²) >= 11 is 2.93. The van der Waals surface area contributed by atoms with Gasteiger partial charge in [-0.05, 0) is 22.9 Å². The van der Waals surface area contributed by atoms with Gasteiger partial charge in [0, 0.05) is 5.57 Å². The topological polar surface area (TPSA) is 26.3 Å². The summed E-state index contributed by atoms with van der Waals surface area (Å²) in [5.41, 5.74) is 0.656. The molecule has 0 bridgehead atoms. The molecule has 0 fully saturated rings. The van der Waals surface area contributed by atoms with Gasteiger partial charge in [0.05, 0.1) is 0 Å². The van der Waals surface area contributed by atoms with E-state index >= 15 is 0 Å². The van der Waals surface area contributed by atoms with E-state index < -0.39 is 0 Å². The Labute approximate surface area is 56.7 Å². The maximum absolute atomic E-state index is 10.4. The smallest absolute Gasteiger partial charge is 0.333 e. The number of alkyl halides is 1. The number of carbonyl (C=O) groups excluding carboxylic acids is 1. The molecule has 0 saturated heterocycles. The van der Waals surface area contributed by atoms with Crippen LogP contribution in [0.5, 0.6) is 0 Å². The van der Waals surface area contributed by atoms with Crippen LogP contribution in [-0.4, -0.2) is 11.5 Å². The van der Waals surface area contributed by atoms with E-state index in [4.69, 9.17) is 0 Å². The van der Waals surface area contributed by atoms with Crippen molar-refractivity contribution >= 4 is 21.9 Å². The molecule has 8 heavy (non-hydrogen) atoms. The number of esters is 1. The molecule has 0 spiro atoms. The van der Waals surface area contributed by atoms with Crippen molar-refractivity contribution in [2.24, 2.45) is 0 Å². The molecular formula is C5H7BrO2. The van der Waals surface area contributed by atoms with E-state index in [0.29, 0.717) is 5.57 Å². The largest absolute Gasteiger partial charge is 0.451 e. The first-order valence-corrected chi connectivity index (χ1v) is 3.19. The maximum atomic E-state index is 10.4. The van der Waals surface area contributed by atoms with Crippen molar-refractivity contribution in [2.75, 3.05) is 5.52 Å². The fourth-order valence-electron chi connectivity index (χ4n) is 0.173. The summed E-state index contributed by atoms with van der Waals surface area (Å²) in [5, 5.41) is 0. The van der Waals surface area contributed by atoms with Crippen molar-refractivity contribution < 1.29 is 9.53 Å². The lowest BCUT2D eigenvalue weighted by atomic mass is 10.4. The van der Waals surface area contributed by atoms with Gasteiger partial charge in [0.15, 0.2) is 0 Å². The van der Waals surface area contributed by atoms with Gasteiger partial charge < -0.3 is 4.74 Å². The number of halogens is 1. The highest BCUT2D eigenvalue weighted by molar-refractivity contribution is 9.09. The van der Waals surface area contributed by atoms with Gasteiger partial charge in [-0.2, -0.15) is 0 Å². The van der Waals surface area contributed by atoms with Gasteiger partial charge in [-0.15, -0.1) is 0 Å². The predicted molar refractivity (Wildman–Crippen MR) is 34.7 cm³/mol. The highest BCUT2D eigenvalue weighted by Crippen LogP contribution is 1.92. The Bertz CT molecular complexity index is 109. The molecule has 0 aliphatic rings. The average molecular weight is 179 g/mol. The van der Waals surface area contributed by atoms with Crippen LogP contribution < -0.4 is 0 Å². The molecule has 0 radical (unpaired) electrons. The van der Waals surface area contributed by atoms with Crippen LogP contribution in [0.25, 0.3) is 0 Å². The summed E-state index contributed by atoms with van der Waals surface area (Å²) in [6.07, 6.45) is 0. The average Bonchev–Trinajstić information content (AvgIpc) is 1.67. The number of hydrogen-bond donors (Lipinski definition) is 0. The van der Waals surface area contributed by atoms with E-state index in [-0.39, 0.29) is 11.5 Å². The highest BCUT2D eigenvalue weighted by atomic mass is 79.9. The zero-order valence-electron chi connectivity index (χ0n) is 4.61. The van der Waals surface area contributed by atoms with Gasteiger partial charge in [-0.3, -0.25) is 0 Å². The summed E-state index contributed by atoms with van der Waals surface area (Å²) in [6.45, 7) is 4.98. The molecule has 0 aliphatic heterocycles. The van der Waals surface area contributed by atoms with Crippen molar-refractivity contribution in [3.05, 3.63) is 12.2 Å². The van der Waals surface area contributed by atoms with E-state index in [1.54, 1.807) is 6.92 Å². The molecule has 0 heterocycles. The minimum Gasteiger partial charge on any atom is -0.451 e. The lowest BCUT2D eigenvalue weighted by molar-refractivity contribution is -0.136. The number of ether oxygens (including phenoxy) is 1. The third kappa shape index (κ3) is 2.80. The zero-order valence-corrected chi connectivity index (χ0v) is 6.19. The molecule has 0 unspecified atom stereocenters. The summed E-state index contributed by atoms with van der Waals surface area (Å²) in [6, 6.07) is 0. The Morgan fingerprint density at radius 2 is 2.38 bits per heavy atom. The summed E-state index contributed by atoms with van der Waals surface area (Å²) in [7, 11) is 0. The van der Waals surface area contributed by atoms with E-state index in [1.807, 2.05) is 0 Å². The zero-order chi connectivity index (χ0) is 6.57. The molecule has 0 aliphatic carbocycles. The number of rotatable bonds is 2. The Morgan fingerprint density at radius 1 is 1.88 bits per heavy atom. The monoisotopic (exact) mass is 178 g/mol. The van der Waals surface area contributed by atoms with Gasteiger partial charge in [0.2, 0.25) is 0 Å². The first-order valence-electron chi connectivity index (χ1n) is 2.07. The lowest BCUT2D eigenvalue weighted by Gasteiger charge is -1.95. The van der Waals surface area contributed by atoms with Gasteiger partial charge in [-0.1, -0.05) is 6.58 Å². The van der Waals surface area contributed by atoms with Crippen LogP contribution in [0, 0.1) is 0 Å². The summed E-state index contributed by atoms with van der Waals surface area (Å²) in [5.74, 6) is -0.359. The number of hydrogen-bond acceptors (Lipinski definition) is 2. The van der Waals surface area contributed by atoms with Crippen LogP contribution in [0.4, 0.5) is 0 Å². The molecule has 46 valence electrons. The second-order valence-corrected chi connectivity index (χ2v) is 1.78. The quantitative estimate of drug-likeness (QED) is 0.364. The van der Waals surface area contributed by atoms with Gasteiger partial charge in [-0.25, -0.2) is 4.79 Å². The molecule has 3 heteroatoms. The second-order valence-electron chi connectivity index (χ2n) is 1.32. The fourth-order valence-corrected chi connectivity index (χ4v) is 0.381. The first kappa shape index (κ1) is 7.69. The molecular weight excluding hydrogens is 172 g/mol. The predicted octanol–water partition coefficient (Wildman–Crippen LogP) is 1.46. The standard InChI is InChI=1S/C5H7BrO2/c1-4(2)5(7)8-3-6/h1,3H2,2H3. The number of carbonyl (C=O) groups is 1. The molecule has 2 nitrogen and oxygen atoms in total. The Morgan fingerprint density at radius 3 is 2.50 bits per heavy atom. The molecule has 0 saturated carbocycles. The van der Waals surface area contributed by atoms with E-state index in [1.165, 1.54) is 0 Å². The third-order valence-electron chi connectivity index (χ3n) is 0.534. The van der Waals surface area contributed by atoms with Crippen LogP contribution in [0.3, 0.4) is 0 Å². The van der Waals surface area contributed by atoms with Crippen LogP contribution in [0.15, 0.2) is 12.2 Å². The van der Waals surface area contributed by atoms with Gasteiger partial charge in [0.1, 0.15) is 5.52 Å². The summed E-state index contributed by atoms with van der Waals surface area (Å²) < 4.78 is 4.48. The van der Waals surface area contributed by atoms with E-state index in [0.717, 1.165) is 0 Å². The van der Waals surface area contributed by atoms with Crippen molar-refractivity contribution in [1.29, 1.82) is 0 Å². The maximum Gasteiger partial charge on any atom is 0.333 e. The normalized spacial score (nSPS) is 8.25. The molecule has 0 aromatic heterocycles. The minimum absolute atomic E-state index is 0.235. The van der Waals surface area contributed by atoms with Gasteiger partial charge >= 0.3 is 5.97 Å². The van der Waals surface area contributed by atoms with Crippen molar-refractivity contribution in [3.63, 3.8) is 0 Å². The van der Waals surface area contributed by atoms with E-state index in [9.17, 15) is 4.79 Å².